The summed E-state index contributed by atoms with van der Waals surface area (Å²) in [5, 5.41) is 12.6. The zero-order valence-electron chi connectivity index (χ0n) is 14.1. The second kappa shape index (κ2) is 8.04. The van der Waals surface area contributed by atoms with Crippen LogP contribution in [0, 0.1) is 0 Å². The Balaban J connectivity index is 1.91. The molecule has 1 aromatic heterocycles. The molecule has 2 heterocycles. The van der Waals surface area contributed by atoms with Gasteiger partial charge in [-0.25, -0.2) is 9.98 Å². The Labute approximate surface area is 146 Å². The van der Waals surface area contributed by atoms with E-state index < -0.39 is 0 Å². The Morgan fingerprint density at radius 1 is 1.40 bits per heavy atom. The Morgan fingerprint density at radius 3 is 2.84 bits per heavy atom. The van der Waals surface area contributed by atoms with Crippen LogP contribution in [-0.2, 0) is 11.3 Å². The van der Waals surface area contributed by atoms with Gasteiger partial charge in [-0.3, -0.25) is 9.36 Å². The summed E-state index contributed by atoms with van der Waals surface area (Å²) in [5.74, 6) is 1.01. The molecule has 1 saturated heterocycles. The fraction of sp³-hybridized carbons (Fsp3) is 0.389. The highest BCUT2D eigenvalue weighted by Crippen LogP contribution is 2.36. The summed E-state index contributed by atoms with van der Waals surface area (Å²) in [6.45, 7) is 2.33. The molecule has 2 N–H and O–H groups in total. The number of aliphatic imine (C=N–C) groups is 1. The van der Waals surface area contributed by atoms with Gasteiger partial charge < -0.3 is 15.2 Å². The maximum absolute atomic E-state index is 11.4. The van der Waals surface area contributed by atoms with Gasteiger partial charge in [0, 0.05) is 12.8 Å². The van der Waals surface area contributed by atoms with Crippen LogP contribution in [0.4, 0.5) is 11.8 Å². The van der Waals surface area contributed by atoms with Crippen molar-refractivity contribution in [1.82, 2.24) is 9.55 Å². The number of nitrogens with zero attached hydrogens (tertiary/aromatic N) is 3. The van der Waals surface area contributed by atoms with Crippen molar-refractivity contribution in [3.8, 4) is 0 Å². The zero-order valence-corrected chi connectivity index (χ0v) is 14.1. The van der Waals surface area contributed by atoms with E-state index in [1.54, 1.807) is 13.1 Å². The fourth-order valence-corrected chi connectivity index (χ4v) is 2.96. The van der Waals surface area contributed by atoms with Crippen molar-refractivity contribution in [2.75, 3.05) is 11.9 Å². The average Bonchev–Trinajstić information content (AvgIpc) is 3.25. The first-order valence-corrected chi connectivity index (χ1v) is 8.37. The molecule has 0 amide bonds. The molecular weight excluding hydrogens is 320 g/mol. The SMILES string of the molecule is C/C=N\c1c(C=O)nc(NCc2ccccc2)n1C1CCC(CO)O1. The number of nitrogens with one attached hydrogen (secondary N) is 1. The van der Waals surface area contributed by atoms with Crippen LogP contribution in [0.2, 0.25) is 0 Å². The van der Waals surface area contributed by atoms with Crippen LogP contribution in [0.1, 0.15) is 42.0 Å². The number of carbonyl (C=O) groups is 1. The number of carbonyl (C=O) groups excluding carboxylic acids is 1. The highest BCUT2D eigenvalue weighted by molar-refractivity contribution is 5.82. The molecule has 3 rings (SSSR count). The van der Waals surface area contributed by atoms with Gasteiger partial charge in [-0.05, 0) is 25.3 Å². The van der Waals surface area contributed by atoms with Crippen LogP contribution in [0.5, 0.6) is 0 Å². The molecule has 1 aliphatic rings. The molecule has 1 aliphatic heterocycles. The lowest BCUT2D eigenvalue weighted by Gasteiger charge is -2.18. The molecule has 0 saturated carbocycles. The van der Waals surface area contributed by atoms with Gasteiger partial charge in [-0.2, -0.15) is 0 Å². The van der Waals surface area contributed by atoms with Crippen molar-refractivity contribution in [2.24, 2.45) is 4.99 Å². The van der Waals surface area contributed by atoms with Crippen molar-refractivity contribution in [1.29, 1.82) is 0 Å². The van der Waals surface area contributed by atoms with Crippen LogP contribution in [-0.4, -0.2) is 39.9 Å². The van der Waals surface area contributed by atoms with Crippen molar-refractivity contribution in [2.45, 2.75) is 38.6 Å². The van der Waals surface area contributed by atoms with Gasteiger partial charge in [-0.15, -0.1) is 0 Å². The molecule has 0 radical (unpaired) electrons. The molecule has 0 aliphatic carbocycles. The summed E-state index contributed by atoms with van der Waals surface area (Å²) in [7, 11) is 0. The molecule has 7 nitrogen and oxygen atoms in total. The number of rotatable bonds is 7. The molecule has 25 heavy (non-hydrogen) atoms. The van der Waals surface area contributed by atoms with Crippen LogP contribution in [0.3, 0.4) is 0 Å². The standard InChI is InChI=1S/C18H22N4O3/c1-2-19-17-15(12-24)21-18(20-10-13-6-4-3-5-7-13)22(17)16-9-8-14(11-23)25-16/h2-7,12,14,16,23H,8-11H2,1H3,(H,20,21)/b19-2-. The van der Waals surface area contributed by atoms with Gasteiger partial charge in [0.15, 0.2) is 12.1 Å². The minimum absolute atomic E-state index is 0.0229. The summed E-state index contributed by atoms with van der Waals surface area (Å²) >= 11 is 0. The van der Waals surface area contributed by atoms with E-state index in [4.69, 9.17) is 4.74 Å². The third kappa shape index (κ3) is 3.78. The monoisotopic (exact) mass is 342 g/mol. The number of aliphatic hydroxyl groups excluding tert-OH is 1. The summed E-state index contributed by atoms with van der Waals surface area (Å²) in [4.78, 5) is 20.1. The van der Waals surface area contributed by atoms with Crippen molar-refractivity contribution in [3.63, 3.8) is 0 Å². The van der Waals surface area contributed by atoms with Gasteiger partial charge in [-0.1, -0.05) is 30.3 Å². The maximum atomic E-state index is 11.4. The Hall–Kier alpha value is -2.51. The zero-order chi connectivity index (χ0) is 17.6. The lowest BCUT2D eigenvalue weighted by molar-refractivity contribution is -0.0206. The molecular formula is C18H22N4O3. The topological polar surface area (TPSA) is 88.7 Å². The average molecular weight is 342 g/mol. The minimum atomic E-state index is -0.310. The Bertz CT molecular complexity index is 742. The number of hydrogen-bond acceptors (Lipinski definition) is 6. The van der Waals surface area contributed by atoms with Crippen molar-refractivity contribution < 1.29 is 14.6 Å². The number of imidazole rings is 1. The second-order valence-corrected chi connectivity index (χ2v) is 5.83. The quantitative estimate of drug-likeness (QED) is 0.596. The predicted molar refractivity (Wildman–Crippen MR) is 95.4 cm³/mol. The van der Waals surface area contributed by atoms with Crippen LogP contribution < -0.4 is 5.32 Å². The number of aliphatic hydroxyl groups is 1. The van der Waals surface area contributed by atoms with Gasteiger partial charge in [0.05, 0.1) is 12.7 Å². The van der Waals surface area contributed by atoms with Gasteiger partial charge in [0.1, 0.15) is 11.9 Å². The first-order valence-electron chi connectivity index (χ1n) is 8.37. The summed E-state index contributed by atoms with van der Waals surface area (Å²) in [5.41, 5.74) is 1.37. The Kier molecular flexibility index (Phi) is 5.57. The molecule has 2 unspecified atom stereocenters. The molecule has 0 bridgehead atoms. The molecule has 1 fully saturated rings. The first kappa shape index (κ1) is 17.3. The third-order valence-electron chi connectivity index (χ3n) is 4.15. The first-order chi connectivity index (χ1) is 12.3. The smallest absolute Gasteiger partial charge is 0.207 e. The van der Waals surface area contributed by atoms with E-state index in [1.807, 2.05) is 34.9 Å². The molecule has 2 atom stereocenters. The molecule has 7 heteroatoms. The van der Waals surface area contributed by atoms with E-state index in [0.29, 0.717) is 24.6 Å². The van der Waals surface area contributed by atoms with Crippen molar-refractivity contribution >= 4 is 24.3 Å². The lowest BCUT2D eigenvalue weighted by atomic mass is 10.2. The predicted octanol–water partition coefficient (Wildman–Crippen LogP) is 2.70. The number of ether oxygens (including phenoxy) is 1. The summed E-state index contributed by atoms with van der Waals surface area (Å²) in [6.07, 6.45) is 3.29. The molecule has 1 aromatic carbocycles. The van der Waals surface area contributed by atoms with Crippen LogP contribution in [0.15, 0.2) is 35.3 Å². The number of anilines is 1. The van der Waals surface area contributed by atoms with Crippen LogP contribution in [0.25, 0.3) is 0 Å². The van der Waals surface area contributed by atoms with E-state index in [2.05, 4.69) is 15.3 Å². The van der Waals surface area contributed by atoms with Gasteiger partial charge >= 0.3 is 0 Å². The number of benzene rings is 1. The van der Waals surface area contributed by atoms with Gasteiger partial charge in [0.25, 0.3) is 0 Å². The minimum Gasteiger partial charge on any atom is -0.394 e. The highest BCUT2D eigenvalue weighted by Gasteiger charge is 2.31. The van der Waals surface area contributed by atoms with E-state index in [1.165, 1.54) is 0 Å². The normalized spacial score (nSPS) is 20.2. The number of aldehydes is 1. The maximum Gasteiger partial charge on any atom is 0.207 e. The Morgan fingerprint density at radius 2 is 2.20 bits per heavy atom. The highest BCUT2D eigenvalue weighted by atomic mass is 16.5. The van der Waals surface area contributed by atoms with E-state index >= 15 is 0 Å². The van der Waals surface area contributed by atoms with Gasteiger partial charge in [0.2, 0.25) is 5.95 Å². The molecule has 2 aromatic rings. The van der Waals surface area contributed by atoms with Crippen molar-refractivity contribution in [3.05, 3.63) is 41.6 Å². The van der Waals surface area contributed by atoms with E-state index in [-0.39, 0.29) is 24.6 Å². The van der Waals surface area contributed by atoms with Crippen LogP contribution >= 0.6 is 0 Å². The van der Waals surface area contributed by atoms with E-state index in [9.17, 15) is 9.90 Å². The molecule has 0 spiro atoms. The lowest BCUT2D eigenvalue weighted by Crippen LogP contribution is -2.16. The van der Waals surface area contributed by atoms with E-state index in [0.717, 1.165) is 18.4 Å². The third-order valence-corrected chi connectivity index (χ3v) is 4.15. The summed E-state index contributed by atoms with van der Waals surface area (Å²) in [6, 6.07) is 9.93. The molecule has 132 valence electrons. The second-order valence-electron chi connectivity index (χ2n) is 5.83. The number of hydrogen-bond donors (Lipinski definition) is 2. The fourth-order valence-electron chi connectivity index (χ4n) is 2.96. The largest absolute Gasteiger partial charge is 0.394 e. The summed E-state index contributed by atoms with van der Waals surface area (Å²) < 4.78 is 7.69. The number of aromatic nitrogens is 2.